The third-order valence-corrected chi connectivity index (χ3v) is 9.53. The van der Waals surface area contributed by atoms with Crippen molar-refractivity contribution < 1.29 is 0 Å². The molecule has 0 aliphatic heterocycles. The molecule has 0 radical (unpaired) electrons. The van der Waals surface area contributed by atoms with Crippen LogP contribution in [0.4, 0.5) is 34.1 Å². The molecule has 14 heteroatoms. The van der Waals surface area contributed by atoms with Gasteiger partial charge in [-0.2, -0.15) is 42.1 Å². The molecule has 0 fully saturated rings. The molecule has 0 atom stereocenters. The fourth-order valence-electron chi connectivity index (χ4n) is 6.88. The average Bonchev–Trinajstić information content (AvgIpc) is 3.39. The number of anilines is 6. The van der Waals surface area contributed by atoms with Crippen LogP contribution < -0.4 is 9.80 Å². The summed E-state index contributed by atoms with van der Waals surface area (Å²) in [5.74, 6) is 0. The molecule has 0 aliphatic rings. The summed E-state index contributed by atoms with van der Waals surface area (Å²) in [5, 5.41) is 84.2. The smallest absolute Gasteiger partial charge is 0.138 e. The minimum absolute atomic E-state index is 0.158. The first-order valence-corrected chi connectivity index (χ1v) is 21.9. The van der Waals surface area contributed by atoms with E-state index in [9.17, 15) is 42.1 Å². The Bertz CT molecular complexity index is 2810. The number of alkyl halides is 4. The Kier molecular flexibility index (Phi) is 20.7. The summed E-state index contributed by atoms with van der Waals surface area (Å²) in [6.45, 7) is 0. The summed E-state index contributed by atoms with van der Waals surface area (Å²) in [6.07, 6.45) is 0. The van der Waals surface area contributed by atoms with Crippen molar-refractivity contribution in [2.45, 2.75) is 0 Å². The maximum absolute atomic E-state index is 10.5. The van der Waals surface area contributed by atoms with E-state index < -0.39 is 33.4 Å². The second-order valence-corrected chi connectivity index (χ2v) is 14.8. The van der Waals surface area contributed by atoms with E-state index in [1.165, 1.54) is 0 Å². The molecule has 0 saturated heterocycles. The molecular weight excluding hydrogens is 930 g/mol. The number of para-hydroxylation sites is 4. The van der Waals surface area contributed by atoms with E-state index in [0.717, 1.165) is 22.7 Å². The van der Waals surface area contributed by atoms with Crippen LogP contribution in [0.15, 0.2) is 203 Å². The molecule has 326 valence electrons. The molecular formula is C54H32Cl4N10. The van der Waals surface area contributed by atoms with Gasteiger partial charge in [-0.25, -0.2) is 0 Å². The zero-order chi connectivity index (χ0) is 49.3. The van der Waals surface area contributed by atoms with E-state index in [1.54, 1.807) is 48.5 Å². The summed E-state index contributed by atoms with van der Waals surface area (Å²) in [4.78, 5) is 3.94. The quantitative estimate of drug-likeness (QED) is 0.0684. The van der Waals surface area contributed by atoms with E-state index in [2.05, 4.69) is 0 Å². The second kappa shape index (κ2) is 27.3. The van der Waals surface area contributed by atoms with Crippen molar-refractivity contribution in [2.75, 3.05) is 20.5 Å². The number of halogens is 4. The number of nitrogens with zero attached hydrogens (tertiary/aromatic N) is 10. The third kappa shape index (κ3) is 12.6. The number of benzene rings is 6. The van der Waals surface area contributed by atoms with Gasteiger partial charge in [0.05, 0.1) is 10.7 Å². The Labute approximate surface area is 414 Å². The minimum Gasteiger partial charge on any atom is -0.311 e. The monoisotopic (exact) mass is 960 g/mol. The fraction of sp³-hybridized carbons (Fsp3) is 0.0370. The Balaban J connectivity index is 0.00000159. The van der Waals surface area contributed by atoms with Crippen LogP contribution in [0.2, 0.25) is 0 Å². The lowest BCUT2D eigenvalue weighted by molar-refractivity contribution is 1.28. The Morgan fingerprint density at radius 1 is 0.294 bits per heavy atom. The van der Waals surface area contributed by atoms with Crippen molar-refractivity contribution in [2.24, 2.45) is 0 Å². The zero-order valence-electron chi connectivity index (χ0n) is 35.6. The molecule has 6 rings (SSSR count). The lowest BCUT2D eigenvalue weighted by atomic mass is 9.78. The largest absolute Gasteiger partial charge is 0.311 e. The number of hydrogen-bond donors (Lipinski definition) is 0. The van der Waals surface area contributed by atoms with Crippen molar-refractivity contribution in [3.05, 3.63) is 214 Å². The first kappa shape index (κ1) is 51.6. The molecule has 0 heterocycles. The van der Waals surface area contributed by atoms with Crippen LogP contribution in [-0.4, -0.2) is 10.7 Å². The summed E-state index contributed by atoms with van der Waals surface area (Å²) < 4.78 is 0. The molecule has 0 saturated carbocycles. The highest BCUT2D eigenvalue weighted by molar-refractivity contribution is 6.41. The van der Waals surface area contributed by atoms with E-state index in [-0.39, 0.29) is 33.0 Å². The molecule has 10 nitrogen and oxygen atoms in total. The summed E-state index contributed by atoms with van der Waals surface area (Å²) in [6, 6.07) is 65.9. The van der Waals surface area contributed by atoms with Crippen LogP contribution in [0.1, 0.15) is 11.1 Å². The molecule has 6 aromatic carbocycles. The van der Waals surface area contributed by atoms with Crippen LogP contribution in [0.25, 0.3) is 11.1 Å². The fourth-order valence-corrected chi connectivity index (χ4v) is 6.88. The van der Waals surface area contributed by atoms with Gasteiger partial charge in [-0.15, -0.1) is 46.4 Å². The van der Waals surface area contributed by atoms with Crippen molar-refractivity contribution >= 4 is 91.7 Å². The van der Waals surface area contributed by atoms with E-state index >= 15 is 0 Å². The zero-order valence-corrected chi connectivity index (χ0v) is 38.6. The van der Waals surface area contributed by atoms with Crippen LogP contribution in [0.5, 0.6) is 0 Å². The van der Waals surface area contributed by atoms with Crippen LogP contribution in [0.3, 0.4) is 0 Å². The summed E-state index contributed by atoms with van der Waals surface area (Å²) >= 11 is 19.1. The predicted molar refractivity (Wildman–Crippen MR) is 268 cm³/mol. The maximum atomic E-state index is 10.5. The predicted octanol–water partition coefficient (Wildman–Crippen LogP) is 14.5. The highest BCUT2D eigenvalue weighted by Crippen LogP contribution is 2.45. The van der Waals surface area contributed by atoms with Gasteiger partial charge in [0, 0.05) is 56.4 Å². The standard InChI is InChI=1S/C52H28N10.2CH2Cl2/c53-29-39(30-54)49(37-21-25-47(26-22-37)61(43-13-5-1-6-14-43)44-15-7-2-8-16-44)51(41(33-57)34-58)52(42(35-59)36-60)50(40(31-55)32-56)38-23-27-48(28-24-38)62(45-17-9-3-10-18-45)46-19-11-4-12-20-46;2*2-1-3/h1-28H;2*1H2. The summed E-state index contributed by atoms with van der Waals surface area (Å²) in [5.41, 5.74) is 0.946. The molecule has 0 aromatic heterocycles. The molecule has 0 bridgehead atoms. The van der Waals surface area contributed by atoms with Gasteiger partial charge < -0.3 is 9.80 Å². The molecule has 68 heavy (non-hydrogen) atoms. The van der Waals surface area contributed by atoms with Crippen LogP contribution in [-0.2, 0) is 0 Å². The number of rotatable bonds is 11. The number of allylic oxidation sites excluding steroid dienone is 8. The van der Waals surface area contributed by atoms with Gasteiger partial charge in [0.2, 0.25) is 0 Å². The molecule has 0 spiro atoms. The lowest BCUT2D eigenvalue weighted by Crippen LogP contribution is -2.11. The topological polar surface area (TPSA) is 197 Å². The van der Waals surface area contributed by atoms with Gasteiger partial charge in [0.25, 0.3) is 0 Å². The van der Waals surface area contributed by atoms with Crippen molar-refractivity contribution in [1.29, 1.82) is 42.1 Å². The minimum atomic E-state index is -0.691. The normalized spacial score (nSPS) is 9.18. The first-order chi connectivity index (χ1) is 33.3. The third-order valence-electron chi connectivity index (χ3n) is 9.53. The average molecular weight is 963 g/mol. The van der Waals surface area contributed by atoms with Crippen molar-refractivity contribution in [3.8, 4) is 48.6 Å². The second-order valence-electron chi connectivity index (χ2n) is 13.2. The Morgan fingerprint density at radius 2 is 0.485 bits per heavy atom. The van der Waals surface area contributed by atoms with Gasteiger partial charge >= 0.3 is 0 Å². The highest BCUT2D eigenvalue weighted by atomic mass is 35.5. The summed E-state index contributed by atoms with van der Waals surface area (Å²) in [7, 11) is 0. The van der Waals surface area contributed by atoms with Crippen LogP contribution in [0, 0.1) is 90.6 Å². The van der Waals surface area contributed by atoms with Gasteiger partial charge in [-0.1, -0.05) is 97.1 Å². The van der Waals surface area contributed by atoms with Gasteiger partial charge in [-0.05, 0) is 83.9 Å². The number of nitriles is 8. The van der Waals surface area contributed by atoms with Crippen molar-refractivity contribution in [3.63, 3.8) is 0 Å². The molecule has 0 N–H and O–H groups in total. The maximum Gasteiger partial charge on any atom is 0.138 e. The number of hydrogen-bond acceptors (Lipinski definition) is 10. The van der Waals surface area contributed by atoms with Gasteiger partial charge in [0.1, 0.15) is 70.8 Å². The van der Waals surface area contributed by atoms with Gasteiger partial charge in [-0.3, -0.25) is 0 Å². The molecule has 6 aromatic rings. The lowest BCUT2D eigenvalue weighted by Gasteiger charge is -2.26. The van der Waals surface area contributed by atoms with Crippen molar-refractivity contribution in [1.82, 2.24) is 0 Å². The van der Waals surface area contributed by atoms with Gasteiger partial charge in [0.15, 0.2) is 0 Å². The van der Waals surface area contributed by atoms with Crippen LogP contribution >= 0.6 is 46.4 Å². The Hall–Kier alpha value is -9.04. The molecule has 0 amide bonds. The molecule has 0 aliphatic carbocycles. The van der Waals surface area contributed by atoms with E-state index in [1.807, 2.05) is 180 Å². The van der Waals surface area contributed by atoms with E-state index in [0.29, 0.717) is 11.4 Å². The first-order valence-electron chi connectivity index (χ1n) is 19.7. The highest BCUT2D eigenvalue weighted by Gasteiger charge is 2.31. The SMILES string of the molecule is ClCCl.ClCCl.N#CC(C#N)=C(C(=C(C#N)C#N)C(=C(C#N)C#N)c1ccc(N(c2ccccc2)c2ccccc2)cc1)C(=C(C#N)C#N)c1ccc(N(c2ccccc2)c2ccccc2)cc1. The van der Waals surface area contributed by atoms with E-state index in [4.69, 9.17) is 46.4 Å². The Morgan fingerprint density at radius 3 is 0.676 bits per heavy atom. The molecule has 0 unspecified atom stereocenters.